The van der Waals surface area contributed by atoms with E-state index in [2.05, 4.69) is 27.7 Å². The van der Waals surface area contributed by atoms with Gasteiger partial charge in [-0.05, 0) is 30.2 Å². The molecule has 0 aliphatic rings. The molecule has 1 aromatic heterocycles. The number of unbranched alkanes of at least 4 members (excludes halogenated alkanes) is 2. The van der Waals surface area contributed by atoms with E-state index in [0.29, 0.717) is 11.8 Å². The molecule has 1 heterocycles. The lowest BCUT2D eigenvalue weighted by atomic mass is 9.86. The monoisotopic (exact) mass is 336 g/mol. The average molecular weight is 337 g/mol. The highest BCUT2D eigenvalue weighted by Crippen LogP contribution is 2.29. The minimum absolute atomic E-state index is 0.172. The number of rotatable bonds is 13. The molecule has 2 atom stereocenters. The minimum atomic E-state index is -0.928. The van der Waals surface area contributed by atoms with Gasteiger partial charge in [0.25, 0.3) is 0 Å². The molecule has 0 fully saturated rings. The van der Waals surface area contributed by atoms with Crippen LogP contribution in [0.3, 0.4) is 0 Å². The Balaban J connectivity index is 2.93. The van der Waals surface area contributed by atoms with Gasteiger partial charge in [-0.25, -0.2) is 4.79 Å². The zero-order valence-corrected chi connectivity index (χ0v) is 16.1. The summed E-state index contributed by atoms with van der Waals surface area (Å²) >= 11 is 0. The summed E-state index contributed by atoms with van der Waals surface area (Å²) in [5, 5.41) is 9.48. The molecule has 3 nitrogen and oxygen atoms in total. The van der Waals surface area contributed by atoms with Crippen LogP contribution in [-0.4, -0.2) is 11.1 Å². The van der Waals surface area contributed by atoms with Gasteiger partial charge in [0.1, 0.15) is 0 Å². The molecule has 0 saturated heterocycles. The summed E-state index contributed by atoms with van der Waals surface area (Å²) < 4.78 is 5.46. The fraction of sp³-hybridized carbons (Fsp3) is 0.762. The van der Waals surface area contributed by atoms with Gasteiger partial charge in [-0.1, -0.05) is 79.1 Å². The number of aromatic carboxylic acids is 1. The van der Waals surface area contributed by atoms with E-state index in [1.165, 1.54) is 38.5 Å². The molecule has 1 aromatic rings. The Morgan fingerprint density at radius 2 is 1.54 bits per heavy atom. The summed E-state index contributed by atoms with van der Waals surface area (Å²) in [4.78, 5) is 11.6. The van der Waals surface area contributed by atoms with Gasteiger partial charge < -0.3 is 9.52 Å². The van der Waals surface area contributed by atoms with Crippen molar-refractivity contribution in [1.29, 1.82) is 0 Å². The second kappa shape index (κ2) is 11.3. The van der Waals surface area contributed by atoms with Crippen molar-refractivity contribution in [3.05, 3.63) is 23.2 Å². The second-order valence-corrected chi connectivity index (χ2v) is 7.12. The van der Waals surface area contributed by atoms with Crippen LogP contribution in [0.1, 0.15) is 101 Å². The van der Waals surface area contributed by atoms with Crippen LogP contribution in [0.5, 0.6) is 0 Å². The molecule has 0 saturated carbocycles. The molecule has 2 unspecified atom stereocenters. The van der Waals surface area contributed by atoms with Crippen LogP contribution in [0.2, 0.25) is 0 Å². The molecule has 1 N–H and O–H groups in total. The average Bonchev–Trinajstić information content (AvgIpc) is 2.97. The Bertz CT molecular complexity index is 475. The highest BCUT2D eigenvalue weighted by atomic mass is 16.4. The SMILES string of the molecule is CCCCC(CC)Cc1coc(C(=O)O)c1CC(CC)CCCC. The maximum absolute atomic E-state index is 11.6. The normalized spacial score (nSPS) is 13.8. The molecule has 0 aliphatic carbocycles. The predicted octanol–water partition coefficient (Wildman–Crippen LogP) is 6.50. The van der Waals surface area contributed by atoms with Gasteiger partial charge in [0.15, 0.2) is 0 Å². The topological polar surface area (TPSA) is 50.4 Å². The van der Waals surface area contributed by atoms with E-state index in [-0.39, 0.29) is 5.76 Å². The van der Waals surface area contributed by atoms with E-state index < -0.39 is 5.97 Å². The fourth-order valence-electron chi connectivity index (χ4n) is 3.48. The maximum atomic E-state index is 11.6. The summed E-state index contributed by atoms with van der Waals surface area (Å²) in [6.07, 6.45) is 13.0. The van der Waals surface area contributed by atoms with Crippen LogP contribution in [-0.2, 0) is 12.8 Å². The van der Waals surface area contributed by atoms with Crippen molar-refractivity contribution in [2.45, 2.75) is 91.9 Å². The first-order valence-electron chi connectivity index (χ1n) is 9.89. The number of hydrogen-bond donors (Lipinski definition) is 1. The van der Waals surface area contributed by atoms with E-state index in [1.807, 2.05) is 0 Å². The molecule has 0 amide bonds. The van der Waals surface area contributed by atoms with Crippen LogP contribution in [0.15, 0.2) is 10.7 Å². The van der Waals surface area contributed by atoms with Crippen LogP contribution < -0.4 is 0 Å². The summed E-state index contributed by atoms with van der Waals surface area (Å²) in [5.74, 6) is 0.419. The van der Waals surface area contributed by atoms with E-state index in [0.717, 1.165) is 36.8 Å². The molecule has 0 bridgehead atoms. The van der Waals surface area contributed by atoms with Crippen molar-refractivity contribution in [2.24, 2.45) is 11.8 Å². The largest absolute Gasteiger partial charge is 0.475 e. The third kappa shape index (κ3) is 6.33. The Morgan fingerprint density at radius 3 is 2.00 bits per heavy atom. The number of furan rings is 1. The maximum Gasteiger partial charge on any atom is 0.372 e. The van der Waals surface area contributed by atoms with Crippen molar-refractivity contribution >= 4 is 5.97 Å². The molecule has 24 heavy (non-hydrogen) atoms. The Morgan fingerprint density at radius 1 is 1.00 bits per heavy atom. The van der Waals surface area contributed by atoms with Crippen molar-refractivity contribution in [1.82, 2.24) is 0 Å². The quantitative estimate of drug-likeness (QED) is 0.447. The third-order valence-corrected chi connectivity index (χ3v) is 5.26. The minimum Gasteiger partial charge on any atom is -0.475 e. The van der Waals surface area contributed by atoms with Gasteiger partial charge in [-0.2, -0.15) is 0 Å². The third-order valence-electron chi connectivity index (χ3n) is 5.26. The van der Waals surface area contributed by atoms with Crippen LogP contribution in [0, 0.1) is 11.8 Å². The van der Waals surface area contributed by atoms with Gasteiger partial charge >= 0.3 is 5.97 Å². The molecular weight excluding hydrogens is 300 g/mol. The van der Waals surface area contributed by atoms with Gasteiger partial charge in [0.2, 0.25) is 5.76 Å². The first-order valence-corrected chi connectivity index (χ1v) is 9.89. The van der Waals surface area contributed by atoms with Crippen LogP contribution in [0.4, 0.5) is 0 Å². The van der Waals surface area contributed by atoms with Crippen LogP contribution in [0.25, 0.3) is 0 Å². The van der Waals surface area contributed by atoms with E-state index in [1.54, 1.807) is 6.26 Å². The summed E-state index contributed by atoms with van der Waals surface area (Å²) in [6, 6.07) is 0. The van der Waals surface area contributed by atoms with Crippen LogP contribution >= 0.6 is 0 Å². The molecule has 138 valence electrons. The highest BCUT2D eigenvalue weighted by molar-refractivity contribution is 5.86. The van der Waals surface area contributed by atoms with Crippen molar-refractivity contribution in [3.63, 3.8) is 0 Å². The number of carboxylic acid groups (broad SMARTS) is 1. The Hall–Kier alpha value is -1.25. The molecule has 3 heteroatoms. The lowest BCUT2D eigenvalue weighted by Crippen LogP contribution is -2.11. The number of carboxylic acids is 1. The van der Waals surface area contributed by atoms with Crippen molar-refractivity contribution in [2.75, 3.05) is 0 Å². The predicted molar refractivity (Wildman–Crippen MR) is 99.7 cm³/mol. The summed E-state index contributed by atoms with van der Waals surface area (Å²) in [6.45, 7) is 8.86. The zero-order valence-electron chi connectivity index (χ0n) is 16.1. The molecule has 0 aromatic carbocycles. The van der Waals surface area contributed by atoms with E-state index in [4.69, 9.17) is 4.42 Å². The number of carbonyl (C=O) groups is 1. The molecular formula is C21H36O3. The van der Waals surface area contributed by atoms with E-state index >= 15 is 0 Å². The zero-order chi connectivity index (χ0) is 17.9. The Kier molecular flexibility index (Phi) is 9.82. The smallest absolute Gasteiger partial charge is 0.372 e. The molecule has 0 radical (unpaired) electrons. The highest BCUT2D eigenvalue weighted by Gasteiger charge is 2.23. The summed E-state index contributed by atoms with van der Waals surface area (Å²) in [7, 11) is 0. The fourth-order valence-corrected chi connectivity index (χ4v) is 3.48. The van der Waals surface area contributed by atoms with Gasteiger partial charge in [0, 0.05) is 5.56 Å². The summed E-state index contributed by atoms with van der Waals surface area (Å²) in [5.41, 5.74) is 2.09. The first kappa shape index (κ1) is 20.8. The van der Waals surface area contributed by atoms with E-state index in [9.17, 15) is 9.90 Å². The molecule has 0 aliphatic heterocycles. The lowest BCUT2D eigenvalue weighted by Gasteiger charge is -2.17. The molecule has 0 spiro atoms. The standard InChI is InChI=1S/C21H36O3/c1-5-9-11-16(7-3)13-18-15-24-20(21(22)23)19(18)14-17(8-4)12-10-6-2/h15-17H,5-14H2,1-4H3,(H,22,23). The van der Waals surface area contributed by atoms with Gasteiger partial charge in [0.05, 0.1) is 6.26 Å². The first-order chi connectivity index (χ1) is 11.6. The lowest BCUT2D eigenvalue weighted by molar-refractivity contribution is 0.0660. The van der Waals surface area contributed by atoms with Crippen molar-refractivity contribution in [3.8, 4) is 0 Å². The second-order valence-electron chi connectivity index (χ2n) is 7.12. The molecule has 1 rings (SSSR count). The Labute approximate surface area is 147 Å². The van der Waals surface area contributed by atoms with Crippen molar-refractivity contribution < 1.29 is 14.3 Å². The van der Waals surface area contributed by atoms with Gasteiger partial charge in [-0.15, -0.1) is 0 Å². The van der Waals surface area contributed by atoms with Gasteiger partial charge in [-0.3, -0.25) is 0 Å². The number of hydrogen-bond acceptors (Lipinski definition) is 2.